The first-order valence-electron chi connectivity index (χ1n) is 5.40. The van der Waals surface area contributed by atoms with E-state index in [-0.39, 0.29) is 22.1 Å². The molecule has 0 spiro atoms. The lowest BCUT2D eigenvalue weighted by Crippen LogP contribution is -2.18. The molecule has 1 aromatic heterocycles. The van der Waals surface area contributed by atoms with Crippen molar-refractivity contribution < 1.29 is 13.6 Å². The van der Waals surface area contributed by atoms with E-state index >= 15 is 0 Å². The normalized spacial score (nSPS) is 10.2. The quantitative estimate of drug-likeness (QED) is 0.601. The number of hydrogen-bond acceptors (Lipinski definition) is 4. The molecule has 20 heavy (non-hydrogen) atoms. The van der Waals surface area contributed by atoms with Crippen LogP contribution < -0.4 is 16.6 Å². The van der Waals surface area contributed by atoms with Gasteiger partial charge in [0.25, 0.3) is 5.91 Å². The maximum absolute atomic E-state index is 13.8. The molecule has 0 aliphatic heterocycles. The predicted molar refractivity (Wildman–Crippen MR) is 71.4 cm³/mol. The summed E-state index contributed by atoms with van der Waals surface area (Å²) in [6.45, 7) is 0. The number of nitrogens with two attached hydrogens (primary N) is 1. The van der Waals surface area contributed by atoms with Crippen molar-refractivity contribution in [2.24, 2.45) is 5.84 Å². The number of pyridine rings is 1. The summed E-state index contributed by atoms with van der Waals surface area (Å²) in [5, 5.41) is 2.42. The molecule has 1 aromatic carbocycles. The standard InChI is InChI=1S/C12H9ClF2N4O/c13-6-1-2-9(8(14)5-6)18-12(20)7-3-4-17-11(19-16)10(7)15/h1-5H,16H2,(H,17,19)(H,18,20). The van der Waals surface area contributed by atoms with Crippen LogP contribution in [0.3, 0.4) is 0 Å². The summed E-state index contributed by atoms with van der Waals surface area (Å²) in [5.41, 5.74) is 1.59. The number of nitrogen functional groups attached to an aromatic ring is 1. The topological polar surface area (TPSA) is 80.0 Å². The highest BCUT2D eigenvalue weighted by Gasteiger charge is 2.17. The van der Waals surface area contributed by atoms with Gasteiger partial charge in [0.1, 0.15) is 5.82 Å². The first-order valence-corrected chi connectivity index (χ1v) is 5.78. The second-order valence-electron chi connectivity index (χ2n) is 3.74. The Morgan fingerprint density at radius 2 is 2.05 bits per heavy atom. The van der Waals surface area contributed by atoms with Crippen LogP contribution in [0.4, 0.5) is 20.3 Å². The molecule has 0 saturated carbocycles. The highest BCUT2D eigenvalue weighted by atomic mass is 35.5. The lowest BCUT2D eigenvalue weighted by molar-refractivity contribution is 0.102. The van der Waals surface area contributed by atoms with Crippen LogP contribution in [0.15, 0.2) is 30.5 Å². The summed E-state index contributed by atoms with van der Waals surface area (Å²) < 4.78 is 27.3. The Morgan fingerprint density at radius 3 is 2.70 bits per heavy atom. The third-order valence-corrected chi connectivity index (χ3v) is 2.68. The summed E-state index contributed by atoms with van der Waals surface area (Å²) in [5.74, 6) is 2.29. The number of hydrogen-bond donors (Lipinski definition) is 3. The van der Waals surface area contributed by atoms with Crippen molar-refractivity contribution in [1.29, 1.82) is 0 Å². The largest absolute Gasteiger partial charge is 0.319 e. The van der Waals surface area contributed by atoms with Crippen LogP contribution in [0.2, 0.25) is 5.02 Å². The fraction of sp³-hybridized carbons (Fsp3) is 0. The second kappa shape index (κ2) is 5.81. The average Bonchev–Trinajstić information content (AvgIpc) is 2.42. The van der Waals surface area contributed by atoms with E-state index in [1.165, 1.54) is 18.3 Å². The number of nitrogens with one attached hydrogen (secondary N) is 2. The lowest BCUT2D eigenvalue weighted by atomic mass is 10.2. The van der Waals surface area contributed by atoms with Crippen molar-refractivity contribution in [2.45, 2.75) is 0 Å². The zero-order chi connectivity index (χ0) is 14.7. The Hall–Kier alpha value is -2.25. The van der Waals surface area contributed by atoms with E-state index in [2.05, 4.69) is 10.3 Å². The van der Waals surface area contributed by atoms with Crippen molar-refractivity contribution in [1.82, 2.24) is 4.98 Å². The molecular weight excluding hydrogens is 290 g/mol. The van der Waals surface area contributed by atoms with Crippen molar-refractivity contribution in [3.05, 3.63) is 52.7 Å². The zero-order valence-electron chi connectivity index (χ0n) is 9.95. The highest BCUT2D eigenvalue weighted by Crippen LogP contribution is 2.21. The number of rotatable bonds is 3. The molecule has 1 amide bonds. The highest BCUT2D eigenvalue weighted by molar-refractivity contribution is 6.30. The van der Waals surface area contributed by atoms with Gasteiger partial charge in [-0.05, 0) is 24.3 Å². The summed E-state index contributed by atoms with van der Waals surface area (Å²) in [4.78, 5) is 15.5. The molecule has 0 saturated heterocycles. The van der Waals surface area contributed by atoms with Crippen LogP contribution in [0.1, 0.15) is 10.4 Å². The maximum atomic E-state index is 13.8. The SMILES string of the molecule is NNc1nccc(C(=O)Nc2ccc(Cl)cc2F)c1F. The van der Waals surface area contributed by atoms with Gasteiger partial charge in [0.2, 0.25) is 0 Å². The van der Waals surface area contributed by atoms with Gasteiger partial charge in [-0.15, -0.1) is 0 Å². The minimum absolute atomic E-state index is 0.113. The molecule has 104 valence electrons. The molecule has 0 unspecified atom stereocenters. The Bertz CT molecular complexity index is 666. The number of anilines is 2. The smallest absolute Gasteiger partial charge is 0.258 e. The number of hydrazine groups is 1. The monoisotopic (exact) mass is 298 g/mol. The fourth-order valence-electron chi connectivity index (χ4n) is 1.50. The van der Waals surface area contributed by atoms with Crippen LogP contribution >= 0.6 is 11.6 Å². The van der Waals surface area contributed by atoms with Crippen LogP contribution in [-0.4, -0.2) is 10.9 Å². The molecule has 0 aliphatic carbocycles. The third-order valence-electron chi connectivity index (χ3n) is 2.45. The van der Waals surface area contributed by atoms with Gasteiger partial charge in [0, 0.05) is 11.2 Å². The Kier molecular flexibility index (Phi) is 4.11. The minimum Gasteiger partial charge on any atom is -0.319 e. The van der Waals surface area contributed by atoms with Crippen molar-refractivity contribution in [3.8, 4) is 0 Å². The van der Waals surface area contributed by atoms with Crippen molar-refractivity contribution >= 4 is 29.0 Å². The number of carbonyl (C=O) groups is 1. The van der Waals surface area contributed by atoms with E-state index < -0.39 is 17.5 Å². The molecule has 2 aromatic rings. The molecule has 0 fully saturated rings. The van der Waals surface area contributed by atoms with Crippen molar-refractivity contribution in [2.75, 3.05) is 10.7 Å². The van der Waals surface area contributed by atoms with E-state index in [0.29, 0.717) is 0 Å². The molecule has 0 bridgehead atoms. The van der Waals surface area contributed by atoms with E-state index in [4.69, 9.17) is 17.4 Å². The number of nitrogens with zero attached hydrogens (tertiary/aromatic N) is 1. The molecule has 0 atom stereocenters. The number of aromatic nitrogens is 1. The fourth-order valence-corrected chi connectivity index (χ4v) is 1.66. The minimum atomic E-state index is -0.929. The summed E-state index contributed by atoms with van der Waals surface area (Å²) in [6, 6.07) is 4.86. The number of benzene rings is 1. The zero-order valence-corrected chi connectivity index (χ0v) is 10.7. The first kappa shape index (κ1) is 14.2. The van der Waals surface area contributed by atoms with Crippen LogP contribution in [0.25, 0.3) is 0 Å². The van der Waals surface area contributed by atoms with E-state index in [0.717, 1.165) is 12.1 Å². The van der Waals surface area contributed by atoms with Gasteiger partial charge in [-0.3, -0.25) is 4.79 Å². The average molecular weight is 299 g/mol. The van der Waals surface area contributed by atoms with E-state index in [1.807, 2.05) is 5.43 Å². The molecule has 0 radical (unpaired) electrons. The third kappa shape index (κ3) is 2.84. The Morgan fingerprint density at radius 1 is 1.30 bits per heavy atom. The Balaban J connectivity index is 2.28. The van der Waals surface area contributed by atoms with Gasteiger partial charge < -0.3 is 10.7 Å². The van der Waals surface area contributed by atoms with Gasteiger partial charge in [-0.1, -0.05) is 11.6 Å². The van der Waals surface area contributed by atoms with Gasteiger partial charge in [0.05, 0.1) is 11.3 Å². The number of amides is 1. The number of halogens is 3. The maximum Gasteiger partial charge on any atom is 0.258 e. The second-order valence-corrected chi connectivity index (χ2v) is 4.18. The lowest BCUT2D eigenvalue weighted by Gasteiger charge is -2.09. The van der Waals surface area contributed by atoms with E-state index in [9.17, 15) is 13.6 Å². The molecule has 2 rings (SSSR count). The molecule has 5 nitrogen and oxygen atoms in total. The van der Waals surface area contributed by atoms with Crippen molar-refractivity contribution in [3.63, 3.8) is 0 Å². The summed E-state index contributed by atoms with van der Waals surface area (Å²) >= 11 is 5.59. The number of carbonyl (C=O) groups excluding carboxylic acids is 1. The molecule has 1 heterocycles. The van der Waals surface area contributed by atoms with E-state index in [1.54, 1.807) is 0 Å². The van der Waals surface area contributed by atoms with Crippen LogP contribution in [0, 0.1) is 11.6 Å². The van der Waals surface area contributed by atoms with Gasteiger partial charge in [0.15, 0.2) is 11.6 Å². The summed E-state index contributed by atoms with van der Waals surface area (Å²) in [6.07, 6.45) is 1.20. The predicted octanol–water partition coefficient (Wildman–Crippen LogP) is 2.55. The van der Waals surface area contributed by atoms with Crippen LogP contribution in [0.5, 0.6) is 0 Å². The Labute approximate surface area is 117 Å². The summed E-state index contributed by atoms with van der Waals surface area (Å²) in [7, 11) is 0. The molecule has 4 N–H and O–H groups in total. The van der Waals surface area contributed by atoms with Gasteiger partial charge >= 0.3 is 0 Å². The molecule has 0 aliphatic rings. The van der Waals surface area contributed by atoms with Crippen LogP contribution in [-0.2, 0) is 0 Å². The first-order chi connectivity index (χ1) is 9.52. The van der Waals surface area contributed by atoms with Gasteiger partial charge in [-0.2, -0.15) is 0 Å². The molecule has 8 heteroatoms. The van der Waals surface area contributed by atoms with Gasteiger partial charge in [-0.25, -0.2) is 19.6 Å². The molecular formula is C12H9ClF2N4O.